The Morgan fingerprint density at radius 1 is 1.40 bits per heavy atom. The van der Waals surface area contributed by atoms with Gasteiger partial charge >= 0.3 is 0 Å². The summed E-state index contributed by atoms with van der Waals surface area (Å²) >= 11 is 0. The lowest BCUT2D eigenvalue weighted by Gasteiger charge is -2.24. The molecule has 3 heteroatoms. The SMILES string of the molecule is CCN(c1ccc(CNCC(C)C)cc1C#N)C1CC1. The zero-order valence-corrected chi connectivity index (χ0v) is 12.8. The van der Waals surface area contributed by atoms with Gasteiger partial charge in [0.05, 0.1) is 11.3 Å². The third-order valence-corrected chi connectivity index (χ3v) is 3.70. The molecule has 0 unspecified atom stereocenters. The van der Waals surface area contributed by atoms with Gasteiger partial charge in [-0.05, 0) is 49.9 Å². The van der Waals surface area contributed by atoms with Crippen LogP contribution in [0.2, 0.25) is 0 Å². The highest BCUT2D eigenvalue weighted by Gasteiger charge is 2.29. The number of nitriles is 1. The van der Waals surface area contributed by atoms with Crippen LogP contribution in [0.3, 0.4) is 0 Å². The number of nitrogens with zero attached hydrogens (tertiary/aromatic N) is 2. The fourth-order valence-electron chi connectivity index (χ4n) is 2.55. The Hall–Kier alpha value is -1.53. The first-order chi connectivity index (χ1) is 9.65. The van der Waals surface area contributed by atoms with Crippen LogP contribution in [-0.2, 0) is 6.54 Å². The van der Waals surface area contributed by atoms with E-state index in [-0.39, 0.29) is 0 Å². The molecule has 0 amide bonds. The van der Waals surface area contributed by atoms with Crippen molar-refractivity contribution in [3.63, 3.8) is 0 Å². The number of rotatable bonds is 7. The summed E-state index contributed by atoms with van der Waals surface area (Å²) in [5, 5.41) is 12.8. The molecule has 1 N–H and O–H groups in total. The van der Waals surface area contributed by atoms with E-state index in [1.165, 1.54) is 18.4 Å². The number of nitrogens with one attached hydrogen (secondary N) is 1. The Morgan fingerprint density at radius 2 is 2.15 bits per heavy atom. The lowest BCUT2D eigenvalue weighted by atomic mass is 10.1. The standard InChI is InChI=1S/C17H25N3/c1-4-20(16-6-7-16)17-8-5-14(9-15(17)10-18)12-19-11-13(2)3/h5,8-9,13,16,19H,4,6-7,11-12H2,1-3H3. The fourth-order valence-corrected chi connectivity index (χ4v) is 2.55. The summed E-state index contributed by atoms with van der Waals surface area (Å²) in [7, 11) is 0. The monoisotopic (exact) mass is 271 g/mol. The number of hydrogen-bond donors (Lipinski definition) is 1. The Kier molecular flexibility index (Phi) is 5.03. The van der Waals surface area contributed by atoms with Crippen molar-refractivity contribution < 1.29 is 0 Å². The zero-order chi connectivity index (χ0) is 14.5. The highest BCUT2D eigenvalue weighted by Crippen LogP contribution is 2.33. The molecule has 1 saturated carbocycles. The largest absolute Gasteiger partial charge is 0.368 e. The van der Waals surface area contributed by atoms with Gasteiger partial charge in [-0.15, -0.1) is 0 Å². The summed E-state index contributed by atoms with van der Waals surface area (Å²) in [6.45, 7) is 9.38. The van der Waals surface area contributed by atoms with Crippen LogP contribution < -0.4 is 10.2 Å². The Morgan fingerprint density at radius 3 is 2.70 bits per heavy atom. The molecular weight excluding hydrogens is 246 g/mol. The van der Waals surface area contributed by atoms with Gasteiger partial charge < -0.3 is 10.2 Å². The molecule has 0 bridgehead atoms. The van der Waals surface area contributed by atoms with Crippen LogP contribution in [0.1, 0.15) is 44.7 Å². The van der Waals surface area contributed by atoms with Crippen molar-refractivity contribution in [3.8, 4) is 6.07 Å². The maximum absolute atomic E-state index is 9.41. The minimum atomic E-state index is 0.648. The van der Waals surface area contributed by atoms with Gasteiger partial charge in [0.25, 0.3) is 0 Å². The van der Waals surface area contributed by atoms with Crippen LogP contribution in [0.25, 0.3) is 0 Å². The molecule has 0 spiro atoms. The van der Waals surface area contributed by atoms with Crippen molar-refractivity contribution in [2.75, 3.05) is 18.0 Å². The first-order valence-electron chi connectivity index (χ1n) is 7.66. The van der Waals surface area contributed by atoms with Crippen LogP contribution >= 0.6 is 0 Å². The molecule has 0 heterocycles. The molecule has 1 aromatic carbocycles. The molecule has 0 radical (unpaired) electrons. The van der Waals surface area contributed by atoms with Crippen molar-refractivity contribution in [1.82, 2.24) is 5.32 Å². The quantitative estimate of drug-likeness (QED) is 0.827. The molecule has 1 aromatic rings. The van der Waals surface area contributed by atoms with Gasteiger partial charge in [-0.25, -0.2) is 0 Å². The lowest BCUT2D eigenvalue weighted by Crippen LogP contribution is -2.26. The van der Waals surface area contributed by atoms with E-state index >= 15 is 0 Å². The van der Waals surface area contributed by atoms with Gasteiger partial charge in [0.2, 0.25) is 0 Å². The molecular formula is C17H25N3. The molecule has 2 rings (SSSR count). The lowest BCUT2D eigenvalue weighted by molar-refractivity contribution is 0.552. The van der Waals surface area contributed by atoms with Crippen molar-refractivity contribution in [3.05, 3.63) is 29.3 Å². The first kappa shape index (κ1) is 14.9. The van der Waals surface area contributed by atoms with E-state index < -0.39 is 0 Å². The van der Waals surface area contributed by atoms with Crippen LogP contribution in [0.15, 0.2) is 18.2 Å². The van der Waals surface area contributed by atoms with Crippen LogP contribution in [0, 0.1) is 17.2 Å². The van der Waals surface area contributed by atoms with Gasteiger partial charge in [0.1, 0.15) is 6.07 Å². The number of hydrogen-bond acceptors (Lipinski definition) is 3. The van der Waals surface area contributed by atoms with Crippen molar-refractivity contribution in [2.24, 2.45) is 5.92 Å². The molecule has 0 saturated heterocycles. The van der Waals surface area contributed by atoms with Crippen LogP contribution in [0.5, 0.6) is 0 Å². The van der Waals surface area contributed by atoms with Crippen molar-refractivity contribution >= 4 is 5.69 Å². The summed E-state index contributed by atoms with van der Waals surface area (Å²) in [5.41, 5.74) is 3.10. The Labute approximate surface area is 122 Å². The molecule has 3 nitrogen and oxygen atoms in total. The van der Waals surface area contributed by atoms with E-state index in [1.54, 1.807) is 0 Å². The maximum Gasteiger partial charge on any atom is 0.101 e. The highest BCUT2D eigenvalue weighted by atomic mass is 15.2. The second-order valence-electron chi connectivity index (χ2n) is 6.01. The number of benzene rings is 1. The molecule has 1 aliphatic rings. The first-order valence-corrected chi connectivity index (χ1v) is 7.66. The van der Waals surface area contributed by atoms with Gasteiger partial charge in [-0.2, -0.15) is 5.26 Å². The second-order valence-corrected chi connectivity index (χ2v) is 6.01. The van der Waals surface area contributed by atoms with E-state index in [2.05, 4.69) is 49.2 Å². The number of anilines is 1. The molecule has 0 aliphatic heterocycles. The smallest absolute Gasteiger partial charge is 0.101 e. The van der Waals surface area contributed by atoms with Crippen LogP contribution in [0.4, 0.5) is 5.69 Å². The molecule has 1 fully saturated rings. The molecule has 108 valence electrons. The second kappa shape index (κ2) is 6.76. The van der Waals surface area contributed by atoms with E-state index in [0.717, 1.165) is 30.9 Å². The van der Waals surface area contributed by atoms with Gasteiger partial charge in [0.15, 0.2) is 0 Å². The summed E-state index contributed by atoms with van der Waals surface area (Å²) < 4.78 is 0. The normalized spacial score (nSPS) is 14.3. The van der Waals surface area contributed by atoms with E-state index in [9.17, 15) is 5.26 Å². The zero-order valence-electron chi connectivity index (χ0n) is 12.8. The molecule has 0 aromatic heterocycles. The maximum atomic E-state index is 9.41. The summed E-state index contributed by atoms with van der Waals surface area (Å²) in [6.07, 6.45) is 2.52. The summed E-state index contributed by atoms with van der Waals surface area (Å²) in [4.78, 5) is 2.36. The van der Waals surface area contributed by atoms with Crippen LogP contribution in [-0.4, -0.2) is 19.1 Å². The van der Waals surface area contributed by atoms with E-state index in [0.29, 0.717) is 12.0 Å². The Balaban J connectivity index is 2.09. The summed E-state index contributed by atoms with van der Waals surface area (Å²) in [6, 6.07) is 9.31. The third kappa shape index (κ3) is 3.74. The fraction of sp³-hybridized carbons (Fsp3) is 0.588. The topological polar surface area (TPSA) is 39.1 Å². The Bertz CT molecular complexity index is 483. The molecule has 0 atom stereocenters. The van der Waals surface area contributed by atoms with Gasteiger partial charge in [0, 0.05) is 19.1 Å². The third-order valence-electron chi connectivity index (χ3n) is 3.70. The molecule has 1 aliphatic carbocycles. The summed E-state index contributed by atoms with van der Waals surface area (Å²) in [5.74, 6) is 0.648. The van der Waals surface area contributed by atoms with Crippen molar-refractivity contribution in [2.45, 2.75) is 46.2 Å². The van der Waals surface area contributed by atoms with Gasteiger partial charge in [-0.3, -0.25) is 0 Å². The average molecular weight is 271 g/mol. The predicted molar refractivity (Wildman–Crippen MR) is 83.7 cm³/mol. The van der Waals surface area contributed by atoms with Crippen molar-refractivity contribution in [1.29, 1.82) is 5.26 Å². The molecule has 20 heavy (non-hydrogen) atoms. The van der Waals surface area contributed by atoms with E-state index in [1.807, 2.05) is 6.07 Å². The minimum absolute atomic E-state index is 0.648. The highest BCUT2D eigenvalue weighted by molar-refractivity contribution is 5.61. The van der Waals surface area contributed by atoms with E-state index in [4.69, 9.17) is 0 Å². The van der Waals surface area contributed by atoms with Gasteiger partial charge in [-0.1, -0.05) is 19.9 Å². The minimum Gasteiger partial charge on any atom is -0.368 e. The average Bonchev–Trinajstić information content (AvgIpc) is 3.25. The predicted octanol–water partition coefficient (Wildman–Crippen LogP) is 3.29.